The molecule has 0 aliphatic heterocycles. The second-order valence-corrected chi connectivity index (χ2v) is 4.79. The summed E-state index contributed by atoms with van der Waals surface area (Å²) in [5.74, 6) is 0.588. The lowest BCUT2D eigenvalue weighted by Crippen LogP contribution is -2.16. The number of nitrogens with zero attached hydrogens (tertiary/aromatic N) is 1. The Morgan fingerprint density at radius 2 is 1.89 bits per heavy atom. The highest BCUT2D eigenvalue weighted by Crippen LogP contribution is 2.29. The molecule has 0 radical (unpaired) electrons. The zero-order valence-electron chi connectivity index (χ0n) is 9.98. The maximum absolute atomic E-state index is 9.46. The smallest absolute Gasteiger partial charge is 0.147 e. The molecule has 0 saturated heterocycles. The Hall–Kier alpha value is -1.49. The summed E-state index contributed by atoms with van der Waals surface area (Å²) < 4.78 is 0. The first-order valence-corrected chi connectivity index (χ1v) is 6.41. The molecular formula is C13H13Cl2N3O. The Morgan fingerprint density at radius 3 is 2.53 bits per heavy atom. The third-order valence-electron chi connectivity index (χ3n) is 2.65. The third kappa shape index (κ3) is 3.29. The SMILES string of the molecule is Nc1nc(NC(CO)c2ccccc2)c(Cl)cc1Cl. The van der Waals surface area contributed by atoms with Crippen molar-refractivity contribution < 1.29 is 5.11 Å². The van der Waals surface area contributed by atoms with Crippen molar-refractivity contribution in [3.05, 3.63) is 52.0 Å². The van der Waals surface area contributed by atoms with Crippen LogP contribution < -0.4 is 11.1 Å². The number of nitrogens with two attached hydrogens (primary N) is 1. The van der Waals surface area contributed by atoms with E-state index in [0.717, 1.165) is 5.56 Å². The van der Waals surface area contributed by atoms with E-state index in [1.807, 2.05) is 30.3 Å². The predicted molar refractivity (Wildman–Crippen MR) is 78.6 cm³/mol. The molecule has 0 saturated carbocycles. The second-order valence-electron chi connectivity index (χ2n) is 3.98. The number of benzene rings is 1. The number of aromatic nitrogens is 1. The summed E-state index contributed by atoms with van der Waals surface area (Å²) in [6.45, 7) is -0.0927. The van der Waals surface area contributed by atoms with Crippen molar-refractivity contribution in [1.29, 1.82) is 0 Å². The van der Waals surface area contributed by atoms with E-state index in [1.54, 1.807) is 0 Å². The Balaban J connectivity index is 2.26. The number of aliphatic hydroxyl groups is 1. The topological polar surface area (TPSA) is 71.2 Å². The van der Waals surface area contributed by atoms with Gasteiger partial charge in [0.05, 0.1) is 22.7 Å². The molecular weight excluding hydrogens is 285 g/mol. The average Bonchev–Trinajstić information content (AvgIpc) is 2.42. The molecule has 0 bridgehead atoms. The molecule has 1 atom stereocenters. The number of pyridine rings is 1. The van der Waals surface area contributed by atoms with E-state index >= 15 is 0 Å². The Labute approximate surface area is 121 Å². The quantitative estimate of drug-likeness (QED) is 0.811. The Kier molecular flexibility index (Phi) is 4.47. The van der Waals surface area contributed by atoms with Crippen LogP contribution in [0.15, 0.2) is 36.4 Å². The summed E-state index contributed by atoms with van der Waals surface area (Å²) in [7, 11) is 0. The van der Waals surface area contributed by atoms with Crippen molar-refractivity contribution in [1.82, 2.24) is 4.98 Å². The lowest BCUT2D eigenvalue weighted by atomic mass is 10.1. The molecule has 0 spiro atoms. The molecule has 0 aliphatic carbocycles. The van der Waals surface area contributed by atoms with Crippen molar-refractivity contribution in [2.45, 2.75) is 6.04 Å². The zero-order chi connectivity index (χ0) is 13.8. The van der Waals surface area contributed by atoms with Gasteiger partial charge in [0.2, 0.25) is 0 Å². The molecule has 0 fully saturated rings. The minimum Gasteiger partial charge on any atom is -0.394 e. The third-order valence-corrected chi connectivity index (χ3v) is 3.24. The first-order valence-electron chi connectivity index (χ1n) is 5.65. The molecule has 2 aromatic rings. The number of halogens is 2. The van der Waals surface area contributed by atoms with Crippen LogP contribution in [0, 0.1) is 0 Å². The molecule has 1 aromatic carbocycles. The van der Waals surface area contributed by atoms with Crippen molar-refractivity contribution in [3.63, 3.8) is 0 Å². The van der Waals surface area contributed by atoms with Gasteiger partial charge in [0.25, 0.3) is 0 Å². The number of nitrogens with one attached hydrogen (secondary N) is 1. The van der Waals surface area contributed by atoms with Crippen LogP contribution in [-0.4, -0.2) is 16.7 Å². The summed E-state index contributed by atoms with van der Waals surface area (Å²) >= 11 is 11.9. The molecule has 0 aliphatic rings. The molecule has 100 valence electrons. The maximum Gasteiger partial charge on any atom is 0.147 e. The molecule has 1 unspecified atom stereocenters. The summed E-state index contributed by atoms with van der Waals surface area (Å²) in [4.78, 5) is 4.08. The number of aliphatic hydroxyl groups excluding tert-OH is 1. The molecule has 1 heterocycles. The number of hydrogen-bond acceptors (Lipinski definition) is 4. The monoisotopic (exact) mass is 297 g/mol. The van der Waals surface area contributed by atoms with Gasteiger partial charge in [0, 0.05) is 0 Å². The fraction of sp³-hybridized carbons (Fsp3) is 0.154. The van der Waals surface area contributed by atoms with Gasteiger partial charge in [-0.05, 0) is 11.6 Å². The van der Waals surface area contributed by atoms with Gasteiger partial charge in [0.1, 0.15) is 11.6 Å². The molecule has 4 N–H and O–H groups in total. The maximum atomic E-state index is 9.46. The Bertz CT molecular complexity index is 563. The van der Waals surface area contributed by atoms with Crippen LogP contribution in [0.2, 0.25) is 10.0 Å². The van der Waals surface area contributed by atoms with Crippen molar-refractivity contribution in [2.75, 3.05) is 17.7 Å². The van der Waals surface area contributed by atoms with Crippen LogP contribution in [-0.2, 0) is 0 Å². The largest absolute Gasteiger partial charge is 0.394 e. The van der Waals surface area contributed by atoms with E-state index in [1.165, 1.54) is 6.07 Å². The van der Waals surface area contributed by atoms with Gasteiger partial charge < -0.3 is 16.2 Å². The van der Waals surface area contributed by atoms with Gasteiger partial charge in [0.15, 0.2) is 0 Å². The van der Waals surface area contributed by atoms with Gasteiger partial charge in [-0.1, -0.05) is 53.5 Å². The van der Waals surface area contributed by atoms with Crippen LogP contribution in [0.25, 0.3) is 0 Å². The highest BCUT2D eigenvalue weighted by molar-refractivity contribution is 6.37. The standard InChI is InChI=1S/C13H13Cl2N3O/c14-9-6-10(15)13(18-12(9)16)17-11(7-19)8-4-2-1-3-5-8/h1-6,11,19H,7H2,(H3,16,17,18). The van der Waals surface area contributed by atoms with Crippen LogP contribution in [0.5, 0.6) is 0 Å². The highest BCUT2D eigenvalue weighted by Gasteiger charge is 2.14. The van der Waals surface area contributed by atoms with Gasteiger partial charge in [-0.2, -0.15) is 0 Å². The van der Waals surface area contributed by atoms with Gasteiger partial charge in [-0.25, -0.2) is 4.98 Å². The lowest BCUT2D eigenvalue weighted by molar-refractivity contribution is 0.276. The summed E-state index contributed by atoms with van der Waals surface area (Å²) in [6, 6.07) is 10.7. The lowest BCUT2D eigenvalue weighted by Gasteiger charge is -2.18. The summed E-state index contributed by atoms with van der Waals surface area (Å²) in [5.41, 5.74) is 6.57. The first-order chi connectivity index (χ1) is 9.11. The summed E-state index contributed by atoms with van der Waals surface area (Å²) in [5, 5.41) is 13.2. The number of rotatable bonds is 4. The minimum absolute atomic E-state index is 0.0927. The zero-order valence-corrected chi connectivity index (χ0v) is 11.5. The molecule has 0 amide bonds. The predicted octanol–water partition coefficient (Wildman–Crippen LogP) is 3.12. The molecule has 1 aromatic heterocycles. The van der Waals surface area contributed by atoms with Crippen LogP contribution in [0.3, 0.4) is 0 Å². The molecule has 4 nitrogen and oxygen atoms in total. The van der Waals surface area contributed by atoms with E-state index in [0.29, 0.717) is 15.9 Å². The van der Waals surface area contributed by atoms with E-state index in [2.05, 4.69) is 10.3 Å². The average molecular weight is 298 g/mol. The highest BCUT2D eigenvalue weighted by atomic mass is 35.5. The van der Waals surface area contributed by atoms with Gasteiger partial charge >= 0.3 is 0 Å². The summed E-state index contributed by atoms with van der Waals surface area (Å²) in [6.07, 6.45) is 0. The van der Waals surface area contributed by atoms with Crippen molar-refractivity contribution in [3.8, 4) is 0 Å². The fourth-order valence-electron chi connectivity index (χ4n) is 1.67. The van der Waals surface area contributed by atoms with Crippen molar-refractivity contribution in [2.24, 2.45) is 0 Å². The molecule has 19 heavy (non-hydrogen) atoms. The number of anilines is 2. The second kappa shape index (κ2) is 6.10. The Morgan fingerprint density at radius 1 is 1.21 bits per heavy atom. The molecule has 6 heteroatoms. The molecule has 2 rings (SSSR count). The van der Waals surface area contributed by atoms with Crippen LogP contribution in [0.1, 0.15) is 11.6 Å². The van der Waals surface area contributed by atoms with E-state index < -0.39 is 0 Å². The number of hydrogen-bond donors (Lipinski definition) is 3. The normalized spacial score (nSPS) is 12.2. The van der Waals surface area contributed by atoms with Gasteiger partial charge in [-0.15, -0.1) is 0 Å². The number of nitrogen functional groups attached to an aromatic ring is 1. The van der Waals surface area contributed by atoms with E-state index in [-0.39, 0.29) is 18.5 Å². The van der Waals surface area contributed by atoms with Crippen molar-refractivity contribution >= 4 is 34.8 Å². The van der Waals surface area contributed by atoms with Gasteiger partial charge in [-0.3, -0.25) is 0 Å². The fourth-order valence-corrected chi connectivity index (χ4v) is 2.08. The van der Waals surface area contributed by atoms with Crippen LogP contribution in [0.4, 0.5) is 11.6 Å². The first kappa shape index (κ1) is 13.9. The van der Waals surface area contributed by atoms with E-state index in [4.69, 9.17) is 28.9 Å². The minimum atomic E-state index is -0.313. The van der Waals surface area contributed by atoms with Crippen LogP contribution >= 0.6 is 23.2 Å². The van der Waals surface area contributed by atoms with E-state index in [9.17, 15) is 5.11 Å².